The quantitative estimate of drug-likeness (QED) is 0.821. The van der Waals surface area contributed by atoms with Gasteiger partial charge in [-0.25, -0.2) is 9.50 Å². The molecule has 0 radical (unpaired) electrons. The summed E-state index contributed by atoms with van der Waals surface area (Å²) < 4.78 is 1.64. The van der Waals surface area contributed by atoms with Crippen LogP contribution in [0.1, 0.15) is 36.3 Å². The molecule has 0 aromatic carbocycles. The first-order chi connectivity index (χ1) is 7.35. The van der Waals surface area contributed by atoms with Gasteiger partial charge in [-0.05, 0) is 27.7 Å². The number of amides is 1. The largest absolute Gasteiger partial charge is 0.346 e. The van der Waals surface area contributed by atoms with Gasteiger partial charge in [0.1, 0.15) is 10.7 Å². The Morgan fingerprint density at radius 2 is 2.19 bits per heavy atom. The average Bonchev–Trinajstić information content (AvgIpc) is 2.56. The SMILES string of the molecule is Cc1nn2cc(C(=O)NC(C)(C)C)nc2s1. The van der Waals surface area contributed by atoms with E-state index in [9.17, 15) is 4.79 Å². The lowest BCUT2D eigenvalue weighted by atomic mass is 10.1. The van der Waals surface area contributed by atoms with Crippen molar-refractivity contribution in [3.05, 3.63) is 16.9 Å². The number of hydrogen-bond donors (Lipinski definition) is 1. The maximum Gasteiger partial charge on any atom is 0.272 e. The number of nitrogens with zero attached hydrogens (tertiary/aromatic N) is 3. The molecule has 86 valence electrons. The van der Waals surface area contributed by atoms with Crippen molar-refractivity contribution in [2.24, 2.45) is 0 Å². The summed E-state index contributed by atoms with van der Waals surface area (Å²) in [6.45, 7) is 7.72. The standard InChI is InChI=1S/C10H14N4OS/c1-6-13-14-5-7(11-9(14)16-6)8(15)12-10(2,3)4/h5H,1-4H3,(H,12,15). The highest BCUT2D eigenvalue weighted by molar-refractivity contribution is 7.16. The third kappa shape index (κ3) is 2.21. The highest BCUT2D eigenvalue weighted by Gasteiger charge is 2.18. The topological polar surface area (TPSA) is 59.3 Å². The number of aromatic nitrogens is 3. The fourth-order valence-corrected chi connectivity index (χ4v) is 2.04. The second-order valence-electron chi connectivity index (χ2n) is 4.68. The van der Waals surface area contributed by atoms with E-state index in [4.69, 9.17) is 0 Å². The number of imidazole rings is 1. The minimum atomic E-state index is -0.253. The van der Waals surface area contributed by atoms with Gasteiger partial charge in [-0.2, -0.15) is 5.10 Å². The van der Waals surface area contributed by atoms with Crippen LogP contribution in [0.15, 0.2) is 6.20 Å². The molecular weight excluding hydrogens is 224 g/mol. The van der Waals surface area contributed by atoms with E-state index in [1.165, 1.54) is 11.3 Å². The summed E-state index contributed by atoms with van der Waals surface area (Å²) >= 11 is 1.47. The molecule has 0 spiro atoms. The summed E-state index contributed by atoms with van der Waals surface area (Å²) in [5.41, 5.74) is 0.158. The maximum atomic E-state index is 11.8. The smallest absolute Gasteiger partial charge is 0.272 e. The van der Waals surface area contributed by atoms with Crippen LogP contribution in [0.25, 0.3) is 4.96 Å². The lowest BCUT2D eigenvalue weighted by Crippen LogP contribution is -2.40. The van der Waals surface area contributed by atoms with Gasteiger partial charge in [0.25, 0.3) is 5.91 Å². The van der Waals surface area contributed by atoms with Gasteiger partial charge in [0, 0.05) is 5.54 Å². The van der Waals surface area contributed by atoms with Crippen molar-refractivity contribution in [1.29, 1.82) is 0 Å². The third-order valence-corrected chi connectivity index (χ3v) is 2.70. The lowest BCUT2D eigenvalue weighted by molar-refractivity contribution is 0.0915. The van der Waals surface area contributed by atoms with Crippen LogP contribution < -0.4 is 5.32 Å². The molecule has 1 N–H and O–H groups in total. The van der Waals surface area contributed by atoms with Crippen molar-refractivity contribution in [2.75, 3.05) is 0 Å². The van der Waals surface area contributed by atoms with E-state index in [2.05, 4.69) is 15.4 Å². The van der Waals surface area contributed by atoms with Crippen molar-refractivity contribution < 1.29 is 4.79 Å². The van der Waals surface area contributed by atoms with Crippen LogP contribution in [-0.4, -0.2) is 26.0 Å². The van der Waals surface area contributed by atoms with Crippen molar-refractivity contribution >= 4 is 22.2 Å². The first-order valence-corrected chi connectivity index (χ1v) is 5.82. The van der Waals surface area contributed by atoms with Crippen LogP contribution in [0.2, 0.25) is 0 Å². The van der Waals surface area contributed by atoms with Gasteiger partial charge < -0.3 is 5.32 Å². The Morgan fingerprint density at radius 1 is 1.50 bits per heavy atom. The predicted octanol–water partition coefficient (Wildman–Crippen LogP) is 1.63. The van der Waals surface area contributed by atoms with Gasteiger partial charge in [0.2, 0.25) is 4.96 Å². The first kappa shape index (κ1) is 11.1. The van der Waals surface area contributed by atoms with Gasteiger partial charge in [-0.3, -0.25) is 4.79 Å². The zero-order valence-electron chi connectivity index (χ0n) is 9.74. The second-order valence-corrected chi connectivity index (χ2v) is 5.84. The maximum absolute atomic E-state index is 11.8. The molecule has 16 heavy (non-hydrogen) atoms. The Hall–Kier alpha value is -1.43. The normalized spacial score (nSPS) is 12.0. The van der Waals surface area contributed by atoms with Crippen LogP contribution in [0.4, 0.5) is 0 Å². The number of carbonyl (C=O) groups is 1. The lowest BCUT2D eigenvalue weighted by Gasteiger charge is -2.19. The van der Waals surface area contributed by atoms with E-state index in [0.29, 0.717) is 5.69 Å². The molecule has 0 unspecified atom stereocenters. The van der Waals surface area contributed by atoms with Gasteiger partial charge in [0.05, 0.1) is 6.20 Å². The highest BCUT2D eigenvalue weighted by Crippen LogP contribution is 2.13. The molecule has 5 nitrogen and oxygen atoms in total. The Kier molecular flexibility index (Phi) is 2.46. The Morgan fingerprint density at radius 3 is 2.75 bits per heavy atom. The molecule has 6 heteroatoms. The molecule has 0 fully saturated rings. The number of aryl methyl sites for hydroxylation is 1. The molecule has 2 aromatic rings. The molecule has 0 aliphatic carbocycles. The van der Waals surface area contributed by atoms with E-state index >= 15 is 0 Å². The molecule has 2 rings (SSSR count). The van der Waals surface area contributed by atoms with Gasteiger partial charge >= 0.3 is 0 Å². The second kappa shape index (κ2) is 3.55. The van der Waals surface area contributed by atoms with Crippen molar-refractivity contribution in [2.45, 2.75) is 33.2 Å². The fourth-order valence-electron chi connectivity index (χ4n) is 1.31. The van der Waals surface area contributed by atoms with E-state index in [1.807, 2.05) is 27.7 Å². The van der Waals surface area contributed by atoms with Crippen LogP contribution in [0.3, 0.4) is 0 Å². The minimum absolute atomic E-state index is 0.164. The highest BCUT2D eigenvalue weighted by atomic mass is 32.1. The number of hydrogen-bond acceptors (Lipinski definition) is 4. The van der Waals surface area contributed by atoms with E-state index in [1.54, 1.807) is 10.7 Å². The van der Waals surface area contributed by atoms with Crippen molar-refractivity contribution in [1.82, 2.24) is 19.9 Å². The van der Waals surface area contributed by atoms with Crippen molar-refractivity contribution in [3.8, 4) is 0 Å². The molecule has 2 aromatic heterocycles. The number of rotatable bonds is 1. The van der Waals surface area contributed by atoms with E-state index < -0.39 is 0 Å². The molecule has 0 saturated heterocycles. The van der Waals surface area contributed by atoms with Gasteiger partial charge in [-0.15, -0.1) is 0 Å². The number of carbonyl (C=O) groups excluding carboxylic acids is 1. The summed E-state index contributed by atoms with van der Waals surface area (Å²) in [6, 6.07) is 0. The Balaban J connectivity index is 2.27. The summed E-state index contributed by atoms with van der Waals surface area (Å²) in [5, 5.41) is 8.00. The summed E-state index contributed by atoms with van der Waals surface area (Å²) in [7, 11) is 0. The minimum Gasteiger partial charge on any atom is -0.346 e. The average molecular weight is 238 g/mol. The number of nitrogens with one attached hydrogen (secondary N) is 1. The van der Waals surface area contributed by atoms with Gasteiger partial charge in [-0.1, -0.05) is 11.3 Å². The van der Waals surface area contributed by atoms with E-state index in [-0.39, 0.29) is 11.4 Å². The molecule has 0 aliphatic heterocycles. The Labute approximate surface area is 97.5 Å². The van der Waals surface area contributed by atoms with Crippen LogP contribution in [0.5, 0.6) is 0 Å². The molecule has 0 bridgehead atoms. The van der Waals surface area contributed by atoms with Crippen LogP contribution in [0, 0.1) is 6.92 Å². The molecule has 1 amide bonds. The summed E-state index contributed by atoms with van der Waals surface area (Å²) in [6.07, 6.45) is 1.65. The summed E-state index contributed by atoms with van der Waals surface area (Å²) in [4.78, 5) is 16.8. The predicted molar refractivity (Wildman–Crippen MR) is 62.8 cm³/mol. The summed E-state index contributed by atoms with van der Waals surface area (Å²) in [5.74, 6) is -0.164. The van der Waals surface area contributed by atoms with Gasteiger partial charge in [0.15, 0.2) is 0 Å². The molecular formula is C10H14N4OS. The molecule has 0 aliphatic rings. The third-order valence-electron chi connectivity index (χ3n) is 1.87. The van der Waals surface area contributed by atoms with Crippen LogP contribution in [-0.2, 0) is 0 Å². The molecule has 0 saturated carbocycles. The molecule has 2 heterocycles. The van der Waals surface area contributed by atoms with Crippen LogP contribution >= 0.6 is 11.3 Å². The van der Waals surface area contributed by atoms with Crippen molar-refractivity contribution in [3.63, 3.8) is 0 Å². The fraction of sp³-hybridized carbons (Fsp3) is 0.500. The van der Waals surface area contributed by atoms with E-state index in [0.717, 1.165) is 9.97 Å². The zero-order chi connectivity index (χ0) is 11.9. The molecule has 0 atom stereocenters. The monoisotopic (exact) mass is 238 g/mol. The Bertz CT molecular complexity index is 503. The number of fused-ring (bicyclic) bond motifs is 1. The first-order valence-electron chi connectivity index (χ1n) is 5.00. The zero-order valence-corrected chi connectivity index (χ0v) is 10.6.